The summed E-state index contributed by atoms with van der Waals surface area (Å²) in [4.78, 5) is 2.30. The van der Waals surface area contributed by atoms with Crippen LogP contribution in [0.4, 0.5) is 4.39 Å². The largest absolute Gasteiger partial charge is 0.304 e. The highest BCUT2D eigenvalue weighted by molar-refractivity contribution is 6.30. The van der Waals surface area contributed by atoms with E-state index < -0.39 is 0 Å². The molecule has 1 aliphatic rings. The van der Waals surface area contributed by atoms with Crippen molar-refractivity contribution in [3.05, 3.63) is 34.6 Å². The minimum Gasteiger partial charge on any atom is -0.304 e. The van der Waals surface area contributed by atoms with E-state index in [9.17, 15) is 4.39 Å². The van der Waals surface area contributed by atoms with E-state index in [0.717, 1.165) is 31.7 Å². The number of nitrogens with zero attached hydrogens (tertiary/aromatic N) is 2. The molecule has 0 aromatic heterocycles. The molecule has 100 valence electrons. The van der Waals surface area contributed by atoms with Crippen LogP contribution in [0.5, 0.6) is 0 Å². The number of piperazine rings is 1. The number of nitrogens with one attached hydrogen (secondary N) is 1. The number of rotatable bonds is 3. The molecule has 1 heterocycles. The van der Waals surface area contributed by atoms with Crippen LogP contribution in [0.15, 0.2) is 18.2 Å². The Morgan fingerprint density at radius 1 is 1.28 bits per heavy atom. The van der Waals surface area contributed by atoms with E-state index in [0.29, 0.717) is 0 Å². The topological polar surface area (TPSA) is 18.5 Å². The molecule has 2 rings (SSSR count). The summed E-state index contributed by atoms with van der Waals surface area (Å²) in [5.74, 6) is -0.368. The average Bonchev–Trinajstić information content (AvgIpc) is 2.35. The van der Waals surface area contributed by atoms with E-state index in [1.807, 2.05) is 0 Å². The van der Waals surface area contributed by atoms with Crippen molar-refractivity contribution in [3.63, 3.8) is 0 Å². The molecule has 0 spiro atoms. The first-order valence-corrected chi connectivity index (χ1v) is 6.58. The third-order valence-electron chi connectivity index (χ3n) is 3.32. The van der Waals surface area contributed by atoms with Crippen LogP contribution in [-0.4, -0.2) is 43.1 Å². The standard InChI is InChI=1S/C13H19ClFN3/c1-10(11-3-4-13(15)12(14)9-11)16-18-7-5-17(2)6-8-18/h3-4,9-10,16H,5-8H2,1-2H3. The number of halogens is 2. The van der Waals surface area contributed by atoms with Gasteiger partial charge in [0.05, 0.1) is 5.02 Å². The fourth-order valence-corrected chi connectivity index (χ4v) is 2.25. The Hall–Kier alpha value is -0.680. The van der Waals surface area contributed by atoms with Gasteiger partial charge in [-0.05, 0) is 31.7 Å². The van der Waals surface area contributed by atoms with Crippen LogP contribution >= 0.6 is 11.6 Å². The Morgan fingerprint density at radius 2 is 1.94 bits per heavy atom. The van der Waals surface area contributed by atoms with Crippen molar-refractivity contribution in [1.82, 2.24) is 15.3 Å². The SMILES string of the molecule is CC(NN1CCN(C)CC1)c1ccc(F)c(Cl)c1. The molecule has 0 radical (unpaired) electrons. The third-order valence-corrected chi connectivity index (χ3v) is 3.61. The van der Waals surface area contributed by atoms with Gasteiger partial charge < -0.3 is 4.90 Å². The molecule has 1 atom stereocenters. The number of benzene rings is 1. The van der Waals surface area contributed by atoms with Crippen molar-refractivity contribution >= 4 is 11.6 Å². The van der Waals surface area contributed by atoms with Gasteiger partial charge in [0.25, 0.3) is 0 Å². The van der Waals surface area contributed by atoms with E-state index in [-0.39, 0.29) is 16.9 Å². The van der Waals surface area contributed by atoms with Crippen molar-refractivity contribution in [2.24, 2.45) is 0 Å². The molecule has 3 nitrogen and oxygen atoms in total. The second kappa shape index (κ2) is 5.97. The molecule has 0 amide bonds. The van der Waals surface area contributed by atoms with E-state index in [4.69, 9.17) is 11.6 Å². The summed E-state index contributed by atoms with van der Waals surface area (Å²) in [7, 11) is 2.13. The summed E-state index contributed by atoms with van der Waals surface area (Å²) in [5, 5.41) is 2.39. The van der Waals surface area contributed by atoms with Crippen LogP contribution in [0.25, 0.3) is 0 Å². The van der Waals surface area contributed by atoms with Crippen molar-refractivity contribution in [2.75, 3.05) is 33.2 Å². The van der Waals surface area contributed by atoms with Gasteiger partial charge in [-0.1, -0.05) is 17.7 Å². The molecule has 18 heavy (non-hydrogen) atoms. The van der Waals surface area contributed by atoms with Crippen LogP contribution in [0, 0.1) is 5.82 Å². The van der Waals surface area contributed by atoms with Crippen molar-refractivity contribution in [1.29, 1.82) is 0 Å². The van der Waals surface area contributed by atoms with Gasteiger partial charge >= 0.3 is 0 Å². The Morgan fingerprint density at radius 3 is 2.56 bits per heavy atom. The van der Waals surface area contributed by atoms with Crippen LogP contribution in [0.2, 0.25) is 5.02 Å². The Kier molecular flexibility index (Phi) is 4.56. The van der Waals surface area contributed by atoms with Crippen molar-refractivity contribution < 1.29 is 4.39 Å². The van der Waals surface area contributed by atoms with E-state index in [2.05, 4.69) is 29.3 Å². The Balaban J connectivity index is 1.94. The first-order chi connectivity index (χ1) is 8.56. The summed E-state index contributed by atoms with van der Waals surface area (Å²) in [6.07, 6.45) is 0. The van der Waals surface area contributed by atoms with Gasteiger partial charge in [-0.25, -0.2) is 14.8 Å². The van der Waals surface area contributed by atoms with E-state index >= 15 is 0 Å². The molecule has 0 aliphatic carbocycles. The van der Waals surface area contributed by atoms with E-state index in [1.165, 1.54) is 6.07 Å². The zero-order valence-corrected chi connectivity index (χ0v) is 11.5. The van der Waals surface area contributed by atoms with Gasteiger partial charge in [0.15, 0.2) is 0 Å². The normalized spacial score (nSPS) is 20.0. The molecule has 1 N–H and O–H groups in total. The maximum atomic E-state index is 13.1. The van der Waals surface area contributed by atoms with Gasteiger partial charge in [-0.15, -0.1) is 0 Å². The average molecular weight is 272 g/mol. The first kappa shape index (κ1) is 13.7. The number of hydrogen-bond donors (Lipinski definition) is 1. The van der Waals surface area contributed by atoms with Crippen LogP contribution in [0.1, 0.15) is 18.5 Å². The molecule has 0 saturated carbocycles. The minimum absolute atomic E-state index is 0.131. The molecule has 1 unspecified atom stereocenters. The van der Waals surface area contributed by atoms with Crippen LogP contribution in [-0.2, 0) is 0 Å². The molecule has 0 bridgehead atoms. The molecule has 1 saturated heterocycles. The summed E-state index contributed by atoms with van der Waals surface area (Å²) in [6.45, 7) is 6.17. The third kappa shape index (κ3) is 3.42. The second-order valence-electron chi connectivity index (χ2n) is 4.81. The minimum atomic E-state index is -0.368. The maximum absolute atomic E-state index is 13.1. The molecule has 1 aromatic rings. The smallest absolute Gasteiger partial charge is 0.141 e. The maximum Gasteiger partial charge on any atom is 0.141 e. The first-order valence-electron chi connectivity index (χ1n) is 6.21. The monoisotopic (exact) mass is 271 g/mol. The lowest BCUT2D eigenvalue weighted by Gasteiger charge is -2.34. The highest BCUT2D eigenvalue weighted by Gasteiger charge is 2.16. The lowest BCUT2D eigenvalue weighted by atomic mass is 10.1. The number of likely N-dealkylation sites (N-methyl/N-ethyl adjacent to an activating group) is 1. The van der Waals surface area contributed by atoms with E-state index in [1.54, 1.807) is 12.1 Å². The predicted octanol–water partition coefficient (Wildman–Crippen LogP) is 2.29. The lowest BCUT2D eigenvalue weighted by Crippen LogP contribution is -2.51. The molecular formula is C13H19ClFN3. The molecular weight excluding hydrogens is 253 g/mol. The summed E-state index contributed by atoms with van der Waals surface area (Å²) in [5.41, 5.74) is 4.43. The van der Waals surface area contributed by atoms with Crippen molar-refractivity contribution in [3.8, 4) is 0 Å². The highest BCUT2D eigenvalue weighted by atomic mass is 35.5. The Labute approximate surface area is 112 Å². The van der Waals surface area contributed by atoms with Gasteiger partial charge in [0.1, 0.15) is 5.82 Å². The summed E-state index contributed by atoms with van der Waals surface area (Å²) >= 11 is 5.80. The molecule has 5 heteroatoms. The van der Waals surface area contributed by atoms with Crippen LogP contribution < -0.4 is 5.43 Å². The quantitative estimate of drug-likeness (QED) is 0.910. The van der Waals surface area contributed by atoms with Gasteiger partial charge in [0.2, 0.25) is 0 Å². The number of hydrogen-bond acceptors (Lipinski definition) is 3. The van der Waals surface area contributed by atoms with Crippen LogP contribution in [0.3, 0.4) is 0 Å². The predicted molar refractivity (Wildman–Crippen MR) is 72.0 cm³/mol. The number of hydrazine groups is 1. The fraction of sp³-hybridized carbons (Fsp3) is 0.538. The second-order valence-corrected chi connectivity index (χ2v) is 5.22. The summed E-state index contributed by atoms with van der Waals surface area (Å²) in [6, 6.07) is 5.01. The van der Waals surface area contributed by atoms with Gasteiger partial charge in [0, 0.05) is 32.2 Å². The zero-order valence-electron chi connectivity index (χ0n) is 10.8. The Bertz CT molecular complexity index is 405. The fourth-order valence-electron chi connectivity index (χ4n) is 2.07. The molecule has 1 aromatic carbocycles. The summed E-state index contributed by atoms with van der Waals surface area (Å²) < 4.78 is 13.1. The highest BCUT2D eigenvalue weighted by Crippen LogP contribution is 2.21. The van der Waals surface area contributed by atoms with Gasteiger partial charge in [-0.2, -0.15) is 0 Å². The van der Waals surface area contributed by atoms with Crippen molar-refractivity contribution in [2.45, 2.75) is 13.0 Å². The zero-order chi connectivity index (χ0) is 13.1. The van der Waals surface area contributed by atoms with Gasteiger partial charge in [-0.3, -0.25) is 0 Å². The molecule has 1 aliphatic heterocycles. The lowest BCUT2D eigenvalue weighted by molar-refractivity contribution is 0.0899. The molecule has 1 fully saturated rings.